The minimum Gasteiger partial charge on any atom is -0.264 e. The summed E-state index contributed by atoms with van der Waals surface area (Å²) in [5.74, 6) is 0.698. The van der Waals surface area contributed by atoms with Crippen molar-refractivity contribution >= 4 is 32.3 Å². The summed E-state index contributed by atoms with van der Waals surface area (Å²) < 4.78 is 0. The fourth-order valence-electron chi connectivity index (χ4n) is 7.64. The van der Waals surface area contributed by atoms with E-state index in [2.05, 4.69) is 169 Å². The summed E-state index contributed by atoms with van der Waals surface area (Å²) in [5.41, 5.74) is 11.8. The van der Waals surface area contributed by atoms with E-state index in [1.807, 2.05) is 30.5 Å². The molecule has 2 heterocycles. The van der Waals surface area contributed by atoms with Gasteiger partial charge in [0.2, 0.25) is 0 Å². The average molecular weight is 688 g/mol. The van der Waals surface area contributed by atoms with Crippen LogP contribution in [0.25, 0.3) is 99.6 Å². The molecule has 10 rings (SSSR count). The van der Waals surface area contributed by atoms with E-state index in [0.29, 0.717) is 5.82 Å². The molecule has 0 saturated heterocycles. The first-order chi connectivity index (χ1) is 26.7. The van der Waals surface area contributed by atoms with Gasteiger partial charge in [-0.2, -0.15) is 0 Å². The molecule has 10 aromatic rings. The molecule has 3 nitrogen and oxygen atoms in total. The molecule has 54 heavy (non-hydrogen) atoms. The first-order valence-corrected chi connectivity index (χ1v) is 18.2. The maximum absolute atomic E-state index is 5.08. The molecule has 3 heteroatoms. The van der Waals surface area contributed by atoms with Crippen molar-refractivity contribution in [2.45, 2.75) is 0 Å². The van der Waals surface area contributed by atoms with Gasteiger partial charge in [0.05, 0.1) is 11.4 Å². The number of aromatic nitrogens is 3. The summed E-state index contributed by atoms with van der Waals surface area (Å²) in [6, 6.07) is 66.8. The minimum atomic E-state index is 0.698. The quantitative estimate of drug-likeness (QED) is 0.129. The van der Waals surface area contributed by atoms with Crippen LogP contribution in [0.4, 0.5) is 0 Å². The Balaban J connectivity index is 1.01. The first kappa shape index (κ1) is 31.5. The average Bonchev–Trinajstić information content (AvgIpc) is 3.26. The van der Waals surface area contributed by atoms with Crippen LogP contribution in [0.5, 0.6) is 0 Å². The van der Waals surface area contributed by atoms with Crippen molar-refractivity contribution in [1.29, 1.82) is 0 Å². The van der Waals surface area contributed by atoms with Crippen LogP contribution in [0.1, 0.15) is 0 Å². The fourth-order valence-corrected chi connectivity index (χ4v) is 7.64. The minimum absolute atomic E-state index is 0.698. The SMILES string of the molecule is c1ccc(-c2nc(-c3ccc(-c4ccc(-c5c6ccccc6cc6c5ccc5ccccc56)cc4)cc3)cc(-c3cccc(-c4cccnc4)c3)n2)cc1. The van der Waals surface area contributed by atoms with Crippen molar-refractivity contribution in [1.82, 2.24) is 15.0 Å². The molecular weight excluding hydrogens is 655 g/mol. The summed E-state index contributed by atoms with van der Waals surface area (Å²) in [4.78, 5) is 14.5. The number of pyridine rings is 1. The number of hydrogen-bond donors (Lipinski definition) is 0. The van der Waals surface area contributed by atoms with Gasteiger partial charge in [-0.15, -0.1) is 0 Å². The molecule has 0 aliphatic rings. The normalized spacial score (nSPS) is 11.3. The highest BCUT2D eigenvalue weighted by molar-refractivity contribution is 6.20. The predicted molar refractivity (Wildman–Crippen MR) is 225 cm³/mol. The van der Waals surface area contributed by atoms with Crippen molar-refractivity contribution in [3.8, 4) is 67.3 Å². The van der Waals surface area contributed by atoms with Crippen LogP contribution in [0.15, 0.2) is 200 Å². The van der Waals surface area contributed by atoms with Crippen LogP contribution < -0.4 is 0 Å². The van der Waals surface area contributed by atoms with E-state index in [1.165, 1.54) is 49.0 Å². The number of fused-ring (bicyclic) bond motifs is 4. The summed E-state index contributed by atoms with van der Waals surface area (Å²) in [7, 11) is 0. The summed E-state index contributed by atoms with van der Waals surface area (Å²) >= 11 is 0. The van der Waals surface area contributed by atoms with E-state index in [9.17, 15) is 0 Å². The second kappa shape index (κ2) is 13.4. The highest BCUT2D eigenvalue weighted by Gasteiger charge is 2.14. The van der Waals surface area contributed by atoms with Gasteiger partial charge in [0, 0.05) is 34.6 Å². The van der Waals surface area contributed by atoms with Gasteiger partial charge in [-0.05, 0) is 84.4 Å². The lowest BCUT2D eigenvalue weighted by atomic mass is 9.89. The Hall–Kier alpha value is -7.23. The Kier molecular flexibility index (Phi) is 7.81. The highest BCUT2D eigenvalue weighted by Crippen LogP contribution is 2.40. The highest BCUT2D eigenvalue weighted by atomic mass is 14.9. The van der Waals surface area contributed by atoms with Crippen molar-refractivity contribution in [3.05, 3.63) is 200 Å². The molecule has 0 radical (unpaired) electrons. The fraction of sp³-hybridized carbons (Fsp3) is 0. The summed E-state index contributed by atoms with van der Waals surface area (Å²) in [5, 5.41) is 7.61. The third kappa shape index (κ3) is 5.78. The lowest BCUT2D eigenvalue weighted by Gasteiger charge is -2.14. The molecule has 0 atom stereocenters. The van der Waals surface area contributed by atoms with Crippen LogP contribution in [-0.4, -0.2) is 15.0 Å². The summed E-state index contributed by atoms with van der Waals surface area (Å²) in [6.07, 6.45) is 3.69. The molecule has 2 aromatic heterocycles. The molecule has 0 fully saturated rings. The van der Waals surface area contributed by atoms with Gasteiger partial charge in [0.25, 0.3) is 0 Å². The third-order valence-electron chi connectivity index (χ3n) is 10.4. The van der Waals surface area contributed by atoms with Gasteiger partial charge >= 0.3 is 0 Å². The Morgan fingerprint density at radius 3 is 1.67 bits per heavy atom. The molecule has 0 N–H and O–H groups in total. The molecule has 0 spiro atoms. The monoisotopic (exact) mass is 687 g/mol. The van der Waals surface area contributed by atoms with Crippen LogP contribution in [0.3, 0.4) is 0 Å². The predicted octanol–water partition coefficient (Wildman–Crippen LogP) is 13.3. The van der Waals surface area contributed by atoms with Gasteiger partial charge in [-0.1, -0.05) is 164 Å². The largest absolute Gasteiger partial charge is 0.264 e. The molecular formula is C51H33N3. The van der Waals surface area contributed by atoms with Crippen molar-refractivity contribution in [2.24, 2.45) is 0 Å². The number of benzene rings is 8. The lowest BCUT2D eigenvalue weighted by molar-refractivity contribution is 1.18. The van der Waals surface area contributed by atoms with Gasteiger partial charge < -0.3 is 0 Å². The second-order valence-corrected chi connectivity index (χ2v) is 13.7. The van der Waals surface area contributed by atoms with E-state index in [1.54, 1.807) is 6.20 Å². The Bertz CT molecular complexity index is 2950. The van der Waals surface area contributed by atoms with Crippen molar-refractivity contribution in [2.75, 3.05) is 0 Å². The zero-order valence-corrected chi connectivity index (χ0v) is 29.4. The lowest BCUT2D eigenvalue weighted by Crippen LogP contribution is -1.96. The van der Waals surface area contributed by atoms with E-state index >= 15 is 0 Å². The molecule has 0 amide bonds. The number of hydrogen-bond acceptors (Lipinski definition) is 3. The Labute approximate surface area is 313 Å². The first-order valence-electron chi connectivity index (χ1n) is 18.2. The maximum atomic E-state index is 5.08. The summed E-state index contributed by atoms with van der Waals surface area (Å²) in [6.45, 7) is 0. The molecule has 0 aliphatic heterocycles. The van der Waals surface area contributed by atoms with Crippen LogP contribution in [-0.2, 0) is 0 Å². The topological polar surface area (TPSA) is 38.7 Å². The zero-order valence-electron chi connectivity index (χ0n) is 29.4. The van der Waals surface area contributed by atoms with Gasteiger partial charge in [-0.3, -0.25) is 4.98 Å². The van der Waals surface area contributed by atoms with E-state index in [4.69, 9.17) is 9.97 Å². The molecule has 8 aromatic carbocycles. The van der Waals surface area contributed by atoms with Gasteiger partial charge in [-0.25, -0.2) is 9.97 Å². The van der Waals surface area contributed by atoms with E-state index in [0.717, 1.165) is 44.8 Å². The molecule has 252 valence electrons. The van der Waals surface area contributed by atoms with Crippen LogP contribution >= 0.6 is 0 Å². The smallest absolute Gasteiger partial charge is 0.160 e. The number of rotatable bonds is 6. The molecule has 0 saturated carbocycles. The Morgan fingerprint density at radius 1 is 0.296 bits per heavy atom. The van der Waals surface area contributed by atoms with E-state index in [-0.39, 0.29) is 0 Å². The standard InChI is InChI=1S/C51H33N3/c1-2-11-39(12-3-1)51-53-48(32-49(54-51)42-15-8-14-40(30-42)43-16-9-29-52-33-43)37-23-19-34(20-24-37)35-21-25-38(26-22-35)50-45-18-7-5-13-41(45)31-47-44-17-6-4-10-36(44)27-28-46(47)50/h1-33H. The van der Waals surface area contributed by atoms with Crippen LogP contribution in [0.2, 0.25) is 0 Å². The van der Waals surface area contributed by atoms with Gasteiger partial charge in [0.15, 0.2) is 5.82 Å². The van der Waals surface area contributed by atoms with Crippen molar-refractivity contribution in [3.63, 3.8) is 0 Å². The molecule has 0 bridgehead atoms. The van der Waals surface area contributed by atoms with Crippen LogP contribution in [0, 0.1) is 0 Å². The molecule has 0 unspecified atom stereocenters. The van der Waals surface area contributed by atoms with E-state index < -0.39 is 0 Å². The maximum Gasteiger partial charge on any atom is 0.160 e. The van der Waals surface area contributed by atoms with Gasteiger partial charge in [0.1, 0.15) is 0 Å². The zero-order chi connectivity index (χ0) is 35.8. The Morgan fingerprint density at radius 2 is 0.907 bits per heavy atom. The third-order valence-corrected chi connectivity index (χ3v) is 10.4. The molecule has 0 aliphatic carbocycles. The number of nitrogens with zero attached hydrogens (tertiary/aromatic N) is 3. The second-order valence-electron chi connectivity index (χ2n) is 13.7. The van der Waals surface area contributed by atoms with Crippen molar-refractivity contribution < 1.29 is 0 Å².